The third kappa shape index (κ3) is 4.03. The molecule has 1 unspecified atom stereocenters. The average Bonchev–Trinajstić information content (AvgIpc) is 2.82. The lowest BCUT2D eigenvalue weighted by atomic mass is 9.90. The third-order valence-electron chi connectivity index (χ3n) is 2.36. The summed E-state index contributed by atoms with van der Waals surface area (Å²) in [6.07, 6.45) is 2.51. The molecule has 0 amide bonds. The molecule has 0 aliphatic carbocycles. The van der Waals surface area contributed by atoms with Gasteiger partial charge in [0, 0.05) is 5.25 Å². The van der Waals surface area contributed by atoms with E-state index in [4.69, 9.17) is 0 Å². The minimum Gasteiger partial charge on any atom is -0.357 e. The molecule has 94 valence electrons. The molecule has 1 aromatic rings. The molecular formula is C11H18N4OS. The van der Waals surface area contributed by atoms with Crippen molar-refractivity contribution in [1.29, 1.82) is 0 Å². The lowest BCUT2D eigenvalue weighted by molar-refractivity contribution is 0.375. The summed E-state index contributed by atoms with van der Waals surface area (Å²) in [5.74, 6) is 0.660. The fourth-order valence-electron chi connectivity index (χ4n) is 1.73. The topological polar surface area (TPSA) is 63.3 Å². The Morgan fingerprint density at radius 1 is 1.53 bits per heavy atom. The Labute approximate surface area is 105 Å². The number of hydrogen-bond acceptors (Lipinski definition) is 6. The van der Waals surface area contributed by atoms with Crippen LogP contribution in [0.3, 0.4) is 0 Å². The van der Waals surface area contributed by atoms with Crippen molar-refractivity contribution in [1.82, 2.24) is 15.5 Å². The fourth-order valence-corrected chi connectivity index (χ4v) is 3.08. The summed E-state index contributed by atoms with van der Waals surface area (Å²) in [5, 5.41) is 8.55. The van der Waals surface area contributed by atoms with Gasteiger partial charge in [0.1, 0.15) is 0 Å². The van der Waals surface area contributed by atoms with Crippen LogP contribution in [0.5, 0.6) is 0 Å². The van der Waals surface area contributed by atoms with Crippen molar-refractivity contribution >= 4 is 16.9 Å². The molecule has 1 aromatic heterocycles. The zero-order valence-electron chi connectivity index (χ0n) is 10.4. The molecule has 2 heterocycles. The lowest BCUT2D eigenvalue weighted by Gasteiger charge is -2.21. The Morgan fingerprint density at radius 3 is 3.00 bits per heavy atom. The maximum absolute atomic E-state index is 4.67. The quantitative estimate of drug-likeness (QED) is 0.894. The molecular weight excluding hydrogens is 236 g/mol. The van der Waals surface area contributed by atoms with Crippen LogP contribution in [-0.2, 0) is 6.54 Å². The van der Waals surface area contributed by atoms with E-state index in [2.05, 4.69) is 45.7 Å². The van der Waals surface area contributed by atoms with Crippen LogP contribution < -0.4 is 5.32 Å². The molecule has 6 heteroatoms. The van der Waals surface area contributed by atoms with Crippen molar-refractivity contribution in [3.05, 3.63) is 12.2 Å². The molecule has 0 spiro atoms. The predicted octanol–water partition coefficient (Wildman–Crippen LogP) is 2.07. The van der Waals surface area contributed by atoms with Gasteiger partial charge in [-0.25, -0.2) is 0 Å². The summed E-state index contributed by atoms with van der Waals surface area (Å²) in [6.45, 7) is 8.26. The molecule has 1 atom stereocenters. The SMILES string of the molecule is CC(C)(C)CC1CN=C(NCc2ncon2)S1. The van der Waals surface area contributed by atoms with Crippen LogP contribution in [0.2, 0.25) is 0 Å². The van der Waals surface area contributed by atoms with Crippen LogP contribution in [0.15, 0.2) is 15.9 Å². The van der Waals surface area contributed by atoms with E-state index in [0.717, 1.165) is 11.7 Å². The van der Waals surface area contributed by atoms with Gasteiger partial charge in [0.2, 0.25) is 6.39 Å². The number of rotatable bonds is 3. The first-order valence-corrected chi connectivity index (χ1v) is 6.61. The van der Waals surface area contributed by atoms with Crippen molar-refractivity contribution in [3.8, 4) is 0 Å². The van der Waals surface area contributed by atoms with Crippen LogP contribution in [-0.4, -0.2) is 27.1 Å². The second-order valence-electron chi connectivity index (χ2n) is 5.35. The van der Waals surface area contributed by atoms with Crippen molar-refractivity contribution in [2.45, 2.75) is 39.0 Å². The van der Waals surface area contributed by atoms with Gasteiger partial charge in [0.25, 0.3) is 0 Å². The predicted molar refractivity (Wildman–Crippen MR) is 68.9 cm³/mol. The van der Waals surface area contributed by atoms with E-state index in [9.17, 15) is 0 Å². The van der Waals surface area contributed by atoms with Gasteiger partial charge >= 0.3 is 0 Å². The number of hydrogen-bond donors (Lipinski definition) is 1. The van der Waals surface area contributed by atoms with E-state index in [1.807, 2.05) is 11.8 Å². The zero-order chi connectivity index (χ0) is 12.3. The molecule has 0 fully saturated rings. The molecule has 1 aliphatic rings. The van der Waals surface area contributed by atoms with Crippen molar-refractivity contribution < 1.29 is 4.52 Å². The van der Waals surface area contributed by atoms with Gasteiger partial charge < -0.3 is 9.84 Å². The maximum atomic E-state index is 4.67. The van der Waals surface area contributed by atoms with E-state index >= 15 is 0 Å². The Morgan fingerprint density at radius 2 is 2.35 bits per heavy atom. The monoisotopic (exact) mass is 254 g/mol. The van der Waals surface area contributed by atoms with Gasteiger partial charge in [-0.05, 0) is 11.8 Å². The molecule has 0 bridgehead atoms. The highest BCUT2D eigenvalue weighted by atomic mass is 32.2. The van der Waals surface area contributed by atoms with Crippen LogP contribution in [0, 0.1) is 5.41 Å². The Hall–Kier alpha value is -1.04. The Bertz CT molecular complexity index is 383. The number of nitrogens with one attached hydrogen (secondary N) is 1. The van der Waals surface area contributed by atoms with Crippen molar-refractivity contribution in [2.24, 2.45) is 10.4 Å². The minimum atomic E-state index is 0.357. The summed E-state index contributed by atoms with van der Waals surface area (Å²) in [5.41, 5.74) is 0.357. The van der Waals surface area contributed by atoms with Gasteiger partial charge in [-0.15, -0.1) is 0 Å². The zero-order valence-corrected chi connectivity index (χ0v) is 11.3. The van der Waals surface area contributed by atoms with Crippen molar-refractivity contribution in [3.63, 3.8) is 0 Å². The largest absolute Gasteiger partial charge is 0.357 e. The molecule has 0 aromatic carbocycles. The molecule has 5 nitrogen and oxygen atoms in total. The summed E-state index contributed by atoms with van der Waals surface area (Å²) in [4.78, 5) is 8.43. The second kappa shape index (κ2) is 5.08. The molecule has 17 heavy (non-hydrogen) atoms. The van der Waals surface area contributed by atoms with Gasteiger partial charge in [0.05, 0.1) is 13.1 Å². The number of amidine groups is 1. The fraction of sp³-hybridized carbons (Fsp3) is 0.727. The summed E-state index contributed by atoms with van der Waals surface area (Å²) < 4.78 is 4.67. The molecule has 2 rings (SSSR count). The smallest absolute Gasteiger partial charge is 0.213 e. The number of thioether (sulfide) groups is 1. The van der Waals surface area contributed by atoms with Crippen LogP contribution in [0.25, 0.3) is 0 Å². The van der Waals surface area contributed by atoms with Gasteiger partial charge in [-0.2, -0.15) is 4.98 Å². The Balaban J connectivity index is 1.74. The highest BCUT2D eigenvalue weighted by molar-refractivity contribution is 8.14. The van der Waals surface area contributed by atoms with E-state index in [0.29, 0.717) is 23.0 Å². The average molecular weight is 254 g/mol. The van der Waals surface area contributed by atoms with E-state index in [1.165, 1.54) is 12.8 Å². The summed E-state index contributed by atoms with van der Waals surface area (Å²) in [6, 6.07) is 0. The summed E-state index contributed by atoms with van der Waals surface area (Å²) >= 11 is 1.81. The van der Waals surface area contributed by atoms with Crippen LogP contribution >= 0.6 is 11.8 Å². The molecule has 0 saturated heterocycles. The first-order chi connectivity index (χ1) is 8.03. The first-order valence-electron chi connectivity index (χ1n) is 5.73. The molecule has 0 saturated carbocycles. The van der Waals surface area contributed by atoms with Crippen LogP contribution in [0.1, 0.15) is 33.0 Å². The standard InChI is InChI=1S/C11H18N4OS/c1-11(2,3)4-8-5-12-10(17-8)13-6-9-14-7-16-15-9/h7-8H,4-6H2,1-3H3,(H,12,13). The maximum Gasteiger partial charge on any atom is 0.213 e. The molecule has 1 aliphatic heterocycles. The van der Waals surface area contributed by atoms with E-state index in [1.54, 1.807) is 0 Å². The van der Waals surface area contributed by atoms with E-state index in [-0.39, 0.29) is 0 Å². The van der Waals surface area contributed by atoms with Crippen LogP contribution in [0.4, 0.5) is 0 Å². The lowest BCUT2D eigenvalue weighted by Crippen LogP contribution is -2.21. The van der Waals surface area contributed by atoms with Gasteiger partial charge in [-0.3, -0.25) is 4.99 Å². The minimum absolute atomic E-state index is 0.357. The summed E-state index contributed by atoms with van der Waals surface area (Å²) in [7, 11) is 0. The highest BCUT2D eigenvalue weighted by Gasteiger charge is 2.24. The number of aromatic nitrogens is 2. The highest BCUT2D eigenvalue weighted by Crippen LogP contribution is 2.31. The third-order valence-corrected chi connectivity index (χ3v) is 3.51. The van der Waals surface area contributed by atoms with Gasteiger partial charge in [0.15, 0.2) is 11.0 Å². The first kappa shape index (κ1) is 12.4. The molecule has 1 N–H and O–H groups in total. The Kier molecular flexibility index (Phi) is 3.71. The van der Waals surface area contributed by atoms with E-state index < -0.39 is 0 Å². The number of aliphatic imine (C=N–C) groups is 1. The molecule has 0 radical (unpaired) electrons. The van der Waals surface area contributed by atoms with Crippen molar-refractivity contribution in [2.75, 3.05) is 6.54 Å². The normalized spacial score (nSPS) is 20.4. The second-order valence-corrected chi connectivity index (χ2v) is 6.64. The number of nitrogens with zero attached hydrogens (tertiary/aromatic N) is 3. The van der Waals surface area contributed by atoms with Gasteiger partial charge in [-0.1, -0.05) is 37.7 Å².